The van der Waals surface area contributed by atoms with Gasteiger partial charge in [-0.05, 0) is 43.7 Å². The van der Waals surface area contributed by atoms with Crippen molar-refractivity contribution in [2.24, 2.45) is 0 Å². The van der Waals surface area contributed by atoms with Gasteiger partial charge < -0.3 is 0 Å². The molecule has 26 heavy (non-hydrogen) atoms. The molecular formula is C19H19N3O3S. The molecule has 1 aromatic heterocycles. The van der Waals surface area contributed by atoms with Crippen molar-refractivity contribution in [3.05, 3.63) is 76.1 Å². The number of sulfonamides is 1. The van der Waals surface area contributed by atoms with Gasteiger partial charge in [0.05, 0.1) is 16.3 Å². The molecular weight excluding hydrogens is 350 g/mol. The summed E-state index contributed by atoms with van der Waals surface area (Å²) in [5, 5.41) is 6.33. The highest BCUT2D eigenvalue weighted by molar-refractivity contribution is 7.92. The minimum atomic E-state index is -3.74. The van der Waals surface area contributed by atoms with Gasteiger partial charge in [0.25, 0.3) is 15.6 Å². The van der Waals surface area contributed by atoms with Crippen molar-refractivity contribution in [3.8, 4) is 11.3 Å². The summed E-state index contributed by atoms with van der Waals surface area (Å²) >= 11 is 0. The largest absolute Gasteiger partial charge is 0.269 e. The molecule has 0 amide bonds. The van der Waals surface area contributed by atoms with E-state index in [-0.39, 0.29) is 10.5 Å². The number of aromatic amines is 1. The fraction of sp³-hybridized carbons (Fsp3) is 0.158. The Hall–Kier alpha value is -2.93. The van der Waals surface area contributed by atoms with Crippen molar-refractivity contribution in [2.45, 2.75) is 18.7 Å². The Bertz CT molecular complexity index is 1080. The van der Waals surface area contributed by atoms with E-state index in [1.165, 1.54) is 17.4 Å². The first-order chi connectivity index (χ1) is 12.3. The van der Waals surface area contributed by atoms with Crippen LogP contribution in [0.25, 0.3) is 11.3 Å². The van der Waals surface area contributed by atoms with Crippen LogP contribution >= 0.6 is 0 Å². The van der Waals surface area contributed by atoms with Crippen molar-refractivity contribution in [1.82, 2.24) is 10.2 Å². The maximum absolute atomic E-state index is 13.1. The second kappa shape index (κ2) is 6.76. The summed E-state index contributed by atoms with van der Waals surface area (Å²) in [4.78, 5) is 11.4. The molecule has 1 N–H and O–H groups in total. The highest BCUT2D eigenvalue weighted by atomic mass is 32.2. The van der Waals surface area contributed by atoms with Crippen LogP contribution in [-0.4, -0.2) is 25.7 Å². The Kier molecular flexibility index (Phi) is 4.65. The molecule has 0 aliphatic heterocycles. The molecule has 0 bridgehead atoms. The van der Waals surface area contributed by atoms with E-state index in [0.717, 1.165) is 5.56 Å². The Morgan fingerprint density at radius 3 is 2.27 bits per heavy atom. The van der Waals surface area contributed by atoms with Crippen LogP contribution in [0.5, 0.6) is 0 Å². The van der Waals surface area contributed by atoms with Crippen molar-refractivity contribution >= 4 is 15.7 Å². The first kappa shape index (κ1) is 17.9. The fourth-order valence-electron chi connectivity index (χ4n) is 2.58. The maximum atomic E-state index is 13.1. The monoisotopic (exact) mass is 369 g/mol. The molecule has 0 radical (unpaired) electrons. The molecule has 1 heterocycles. The van der Waals surface area contributed by atoms with Gasteiger partial charge in [-0.3, -0.25) is 9.10 Å². The molecule has 2 aromatic carbocycles. The summed E-state index contributed by atoms with van der Waals surface area (Å²) in [6.07, 6.45) is 0. The summed E-state index contributed by atoms with van der Waals surface area (Å²) in [7, 11) is -2.21. The number of aromatic nitrogens is 2. The third-order valence-electron chi connectivity index (χ3n) is 4.20. The molecule has 0 saturated heterocycles. The smallest absolute Gasteiger partial charge is 0.264 e. The fourth-order valence-corrected chi connectivity index (χ4v) is 4.03. The Labute approximate surface area is 152 Å². The molecule has 0 aliphatic rings. The number of nitrogens with zero attached hydrogens (tertiary/aromatic N) is 2. The molecule has 0 aliphatic carbocycles. The van der Waals surface area contributed by atoms with E-state index in [4.69, 9.17) is 0 Å². The van der Waals surface area contributed by atoms with E-state index in [9.17, 15) is 13.2 Å². The Morgan fingerprint density at radius 2 is 1.65 bits per heavy atom. The summed E-state index contributed by atoms with van der Waals surface area (Å²) in [6, 6.07) is 15.3. The third kappa shape index (κ3) is 3.39. The van der Waals surface area contributed by atoms with E-state index in [1.54, 1.807) is 43.3 Å². The van der Waals surface area contributed by atoms with Crippen LogP contribution in [0.15, 0.2) is 64.3 Å². The van der Waals surface area contributed by atoms with Gasteiger partial charge in [0.15, 0.2) is 0 Å². The van der Waals surface area contributed by atoms with Gasteiger partial charge in [-0.15, -0.1) is 0 Å². The molecule has 134 valence electrons. The number of nitrogens with one attached hydrogen (secondary N) is 1. The molecule has 3 aromatic rings. The number of hydrogen-bond donors (Lipinski definition) is 1. The van der Waals surface area contributed by atoms with E-state index in [2.05, 4.69) is 10.2 Å². The molecule has 0 saturated carbocycles. The van der Waals surface area contributed by atoms with Gasteiger partial charge >= 0.3 is 0 Å². The van der Waals surface area contributed by atoms with Crippen molar-refractivity contribution in [3.63, 3.8) is 0 Å². The van der Waals surface area contributed by atoms with E-state index < -0.39 is 10.0 Å². The lowest BCUT2D eigenvalue weighted by molar-refractivity contribution is 0.594. The average molecular weight is 369 g/mol. The lowest BCUT2D eigenvalue weighted by atomic mass is 10.1. The Balaban J connectivity index is 2.06. The van der Waals surface area contributed by atoms with Gasteiger partial charge in [-0.1, -0.05) is 29.8 Å². The number of aryl methyl sites for hydroxylation is 2. The van der Waals surface area contributed by atoms with Crippen LogP contribution in [0.3, 0.4) is 0 Å². The van der Waals surface area contributed by atoms with Crippen molar-refractivity contribution in [1.29, 1.82) is 0 Å². The minimum absolute atomic E-state index is 0.200. The first-order valence-electron chi connectivity index (χ1n) is 8.01. The normalized spacial score (nSPS) is 11.3. The minimum Gasteiger partial charge on any atom is -0.269 e. The van der Waals surface area contributed by atoms with Crippen LogP contribution in [-0.2, 0) is 10.0 Å². The van der Waals surface area contributed by atoms with E-state index in [1.807, 2.05) is 19.1 Å². The highest BCUT2D eigenvalue weighted by Gasteiger charge is 2.24. The van der Waals surface area contributed by atoms with Gasteiger partial charge in [-0.2, -0.15) is 5.10 Å². The van der Waals surface area contributed by atoms with Crippen molar-refractivity contribution < 1.29 is 8.42 Å². The van der Waals surface area contributed by atoms with Gasteiger partial charge in [-0.25, -0.2) is 13.5 Å². The van der Waals surface area contributed by atoms with Crippen LogP contribution < -0.4 is 9.86 Å². The predicted octanol–water partition coefficient (Wildman–Crippen LogP) is 2.88. The number of rotatable bonds is 4. The van der Waals surface area contributed by atoms with Crippen LogP contribution in [0, 0.1) is 13.8 Å². The first-order valence-corrected chi connectivity index (χ1v) is 9.45. The number of anilines is 1. The summed E-state index contributed by atoms with van der Waals surface area (Å²) in [5.74, 6) is 0. The lowest BCUT2D eigenvalue weighted by Crippen LogP contribution is -2.27. The van der Waals surface area contributed by atoms with Crippen LogP contribution in [0.4, 0.5) is 5.69 Å². The standard InChI is InChI=1S/C19H19N3O3S/c1-13-4-8-16(9-5-13)22(3)26(24,25)18-12-15(7-6-14(18)2)17-10-11-19(23)21-20-17/h4-12H,1-3H3,(H,21,23). The molecule has 3 rings (SSSR count). The SMILES string of the molecule is Cc1ccc(N(C)S(=O)(=O)c2cc(-c3ccc(=O)[nH]n3)ccc2C)cc1. The molecule has 0 fully saturated rings. The zero-order valence-corrected chi connectivity index (χ0v) is 15.5. The number of H-pyrrole nitrogens is 1. The van der Waals surface area contributed by atoms with Crippen molar-refractivity contribution in [2.75, 3.05) is 11.4 Å². The summed E-state index contributed by atoms with van der Waals surface area (Å²) in [5.41, 5.74) is 3.08. The molecule has 0 spiro atoms. The van der Waals surface area contributed by atoms with E-state index in [0.29, 0.717) is 22.5 Å². The highest BCUT2D eigenvalue weighted by Crippen LogP contribution is 2.28. The average Bonchev–Trinajstić information content (AvgIpc) is 2.63. The van der Waals surface area contributed by atoms with E-state index >= 15 is 0 Å². The zero-order chi connectivity index (χ0) is 18.9. The van der Waals surface area contributed by atoms with Crippen LogP contribution in [0.2, 0.25) is 0 Å². The quantitative estimate of drug-likeness (QED) is 0.766. The summed E-state index contributed by atoms with van der Waals surface area (Å²) in [6.45, 7) is 3.70. The second-order valence-electron chi connectivity index (χ2n) is 6.09. The second-order valence-corrected chi connectivity index (χ2v) is 8.03. The third-order valence-corrected chi connectivity index (χ3v) is 6.13. The lowest BCUT2D eigenvalue weighted by Gasteiger charge is -2.21. The topological polar surface area (TPSA) is 83.1 Å². The molecule has 0 atom stereocenters. The molecule has 0 unspecified atom stereocenters. The summed E-state index contributed by atoms with van der Waals surface area (Å²) < 4.78 is 27.5. The predicted molar refractivity (Wildman–Crippen MR) is 102 cm³/mol. The molecule has 7 heteroatoms. The van der Waals surface area contributed by atoms with Gasteiger partial charge in [0, 0.05) is 18.7 Å². The Morgan fingerprint density at radius 1 is 0.962 bits per heavy atom. The number of hydrogen-bond acceptors (Lipinski definition) is 4. The van der Waals surface area contributed by atoms with Gasteiger partial charge in [0.1, 0.15) is 0 Å². The molecule has 6 nitrogen and oxygen atoms in total. The maximum Gasteiger partial charge on any atom is 0.264 e. The number of benzene rings is 2. The van der Waals surface area contributed by atoms with Crippen LogP contribution in [0.1, 0.15) is 11.1 Å². The van der Waals surface area contributed by atoms with Gasteiger partial charge in [0.2, 0.25) is 0 Å². The zero-order valence-electron chi connectivity index (χ0n) is 14.7.